The molecule has 0 fully saturated rings. The second kappa shape index (κ2) is 6.73. The van der Waals surface area contributed by atoms with E-state index in [2.05, 4.69) is 44.2 Å². The molecule has 0 saturated heterocycles. The van der Waals surface area contributed by atoms with E-state index in [0.717, 1.165) is 36.9 Å². The van der Waals surface area contributed by atoms with E-state index < -0.39 is 0 Å². The van der Waals surface area contributed by atoms with Gasteiger partial charge < -0.3 is 4.42 Å². The van der Waals surface area contributed by atoms with Gasteiger partial charge in [0.05, 0.1) is 0 Å². The first-order valence-electron chi connectivity index (χ1n) is 9.02. The van der Waals surface area contributed by atoms with Crippen LogP contribution >= 0.6 is 11.3 Å². The number of carbonyl (C=O) groups is 1. The molecule has 3 heteroatoms. The Bertz CT molecular complexity index is 1000. The Morgan fingerprint density at radius 2 is 1.65 bits per heavy atom. The van der Waals surface area contributed by atoms with E-state index in [1.807, 2.05) is 24.3 Å². The highest BCUT2D eigenvalue weighted by atomic mass is 32.1. The highest BCUT2D eigenvalue weighted by Crippen LogP contribution is 2.45. The molecule has 26 heavy (non-hydrogen) atoms. The lowest BCUT2D eigenvalue weighted by molar-refractivity contribution is 0.109. The number of benzene rings is 1. The van der Waals surface area contributed by atoms with Crippen LogP contribution in [0.1, 0.15) is 57.1 Å². The third kappa shape index (κ3) is 2.97. The molecule has 2 aromatic heterocycles. The van der Waals surface area contributed by atoms with Crippen LogP contribution in [0.15, 0.2) is 40.8 Å². The summed E-state index contributed by atoms with van der Waals surface area (Å²) in [6.45, 7) is 6.27. The van der Waals surface area contributed by atoms with Gasteiger partial charge in [0.15, 0.2) is 12.0 Å². The van der Waals surface area contributed by atoms with Crippen molar-refractivity contribution in [2.75, 3.05) is 0 Å². The van der Waals surface area contributed by atoms with Gasteiger partial charge in [-0.1, -0.05) is 29.8 Å². The fraction of sp³-hybridized carbons (Fsp3) is 0.261. The highest BCUT2D eigenvalue weighted by molar-refractivity contribution is 7.15. The summed E-state index contributed by atoms with van der Waals surface area (Å²) in [6.07, 6.45) is 4.07. The molecule has 1 aliphatic carbocycles. The molecule has 0 saturated carbocycles. The minimum Gasteiger partial charge on any atom is -0.458 e. The first-order valence-corrected chi connectivity index (χ1v) is 9.84. The third-order valence-corrected chi connectivity index (χ3v) is 6.27. The fourth-order valence-corrected chi connectivity index (χ4v) is 4.90. The Morgan fingerprint density at radius 3 is 2.31 bits per heavy atom. The molecular formula is C23H22O2S. The standard InChI is InChI=1S/C23H22O2S/c1-14-7-9-17(10-8-14)23-12-22(16(3)26-23)20-6-4-5-19(20)21-11-18(13-24)25-15(21)2/h7-13H,4-6H2,1-3H3. The van der Waals surface area contributed by atoms with Crippen molar-refractivity contribution in [2.24, 2.45) is 0 Å². The van der Waals surface area contributed by atoms with E-state index in [4.69, 9.17) is 4.42 Å². The summed E-state index contributed by atoms with van der Waals surface area (Å²) < 4.78 is 5.58. The van der Waals surface area contributed by atoms with Crippen LogP contribution in [0.5, 0.6) is 0 Å². The first kappa shape index (κ1) is 17.0. The van der Waals surface area contributed by atoms with Gasteiger partial charge in [0.1, 0.15) is 5.76 Å². The topological polar surface area (TPSA) is 30.2 Å². The lowest BCUT2D eigenvalue weighted by atomic mass is 9.97. The Balaban J connectivity index is 1.79. The molecule has 4 rings (SSSR count). The lowest BCUT2D eigenvalue weighted by Crippen LogP contribution is -1.86. The van der Waals surface area contributed by atoms with Gasteiger partial charge >= 0.3 is 0 Å². The number of allylic oxidation sites excluding steroid dienone is 2. The Labute approximate surface area is 158 Å². The number of furan rings is 1. The van der Waals surface area contributed by atoms with Crippen molar-refractivity contribution in [3.63, 3.8) is 0 Å². The monoisotopic (exact) mass is 362 g/mol. The number of hydrogen-bond donors (Lipinski definition) is 0. The van der Waals surface area contributed by atoms with Crippen LogP contribution in [0.3, 0.4) is 0 Å². The van der Waals surface area contributed by atoms with E-state index in [1.54, 1.807) is 0 Å². The summed E-state index contributed by atoms with van der Waals surface area (Å²) in [5, 5.41) is 0. The number of aldehydes is 1. The predicted octanol–water partition coefficient (Wildman–Crippen LogP) is 6.84. The number of rotatable bonds is 4. The van der Waals surface area contributed by atoms with Crippen molar-refractivity contribution in [3.05, 3.63) is 69.5 Å². The molecule has 0 amide bonds. The van der Waals surface area contributed by atoms with Gasteiger partial charge in [0.2, 0.25) is 0 Å². The third-order valence-electron chi connectivity index (χ3n) is 5.17. The molecule has 2 heterocycles. The first-order chi connectivity index (χ1) is 12.6. The van der Waals surface area contributed by atoms with Gasteiger partial charge in [-0.3, -0.25) is 4.79 Å². The molecule has 0 spiro atoms. The summed E-state index contributed by atoms with van der Waals surface area (Å²) in [4.78, 5) is 13.7. The van der Waals surface area contributed by atoms with Gasteiger partial charge in [-0.15, -0.1) is 11.3 Å². The predicted molar refractivity (Wildman–Crippen MR) is 109 cm³/mol. The summed E-state index contributed by atoms with van der Waals surface area (Å²) in [5.74, 6) is 1.26. The van der Waals surface area contributed by atoms with Crippen LogP contribution in [0.25, 0.3) is 21.6 Å². The van der Waals surface area contributed by atoms with Crippen molar-refractivity contribution >= 4 is 28.8 Å². The van der Waals surface area contributed by atoms with Crippen LogP contribution in [-0.2, 0) is 0 Å². The Morgan fingerprint density at radius 1 is 0.962 bits per heavy atom. The van der Waals surface area contributed by atoms with Crippen LogP contribution in [0.2, 0.25) is 0 Å². The van der Waals surface area contributed by atoms with Crippen LogP contribution in [0, 0.1) is 20.8 Å². The van der Waals surface area contributed by atoms with E-state index >= 15 is 0 Å². The molecule has 0 aliphatic heterocycles. The molecule has 0 N–H and O–H groups in total. The average molecular weight is 362 g/mol. The van der Waals surface area contributed by atoms with Crippen LogP contribution in [0.4, 0.5) is 0 Å². The molecule has 0 atom stereocenters. The fourth-order valence-electron chi connectivity index (χ4n) is 3.84. The van der Waals surface area contributed by atoms with Gasteiger partial charge in [-0.05, 0) is 74.4 Å². The molecule has 0 bridgehead atoms. The minimum absolute atomic E-state index is 0.415. The summed E-state index contributed by atoms with van der Waals surface area (Å²) in [6, 6.07) is 13.0. The van der Waals surface area contributed by atoms with Crippen molar-refractivity contribution in [1.29, 1.82) is 0 Å². The van der Waals surface area contributed by atoms with E-state index in [1.165, 1.54) is 37.6 Å². The van der Waals surface area contributed by atoms with E-state index in [-0.39, 0.29) is 0 Å². The average Bonchev–Trinajstić information content (AvgIpc) is 3.33. The van der Waals surface area contributed by atoms with Crippen molar-refractivity contribution in [1.82, 2.24) is 0 Å². The second-order valence-corrected chi connectivity index (χ2v) is 8.25. The maximum atomic E-state index is 11.1. The lowest BCUT2D eigenvalue weighted by Gasteiger charge is -2.06. The number of hydrogen-bond acceptors (Lipinski definition) is 3. The van der Waals surface area contributed by atoms with Gasteiger partial charge in [0, 0.05) is 15.3 Å². The smallest absolute Gasteiger partial charge is 0.185 e. The summed E-state index contributed by atoms with van der Waals surface area (Å²) in [5.41, 5.74) is 7.77. The van der Waals surface area contributed by atoms with Crippen LogP contribution in [-0.4, -0.2) is 6.29 Å². The Hall–Kier alpha value is -2.39. The maximum absolute atomic E-state index is 11.1. The zero-order valence-electron chi connectivity index (χ0n) is 15.4. The molecular weight excluding hydrogens is 340 g/mol. The SMILES string of the molecule is Cc1ccc(-c2cc(C3=C(c4cc(C=O)oc4C)CCC3)c(C)s2)cc1. The molecule has 1 aromatic carbocycles. The van der Waals surface area contributed by atoms with Crippen molar-refractivity contribution < 1.29 is 9.21 Å². The Kier molecular flexibility index (Phi) is 4.41. The number of thiophene rings is 1. The maximum Gasteiger partial charge on any atom is 0.185 e. The normalized spacial score (nSPS) is 14.3. The zero-order valence-corrected chi connectivity index (χ0v) is 16.2. The summed E-state index contributed by atoms with van der Waals surface area (Å²) >= 11 is 1.86. The molecule has 3 aromatic rings. The highest BCUT2D eigenvalue weighted by Gasteiger charge is 2.23. The second-order valence-electron chi connectivity index (χ2n) is 6.99. The largest absolute Gasteiger partial charge is 0.458 e. The van der Waals surface area contributed by atoms with Crippen molar-refractivity contribution in [3.8, 4) is 10.4 Å². The van der Waals surface area contributed by atoms with E-state index in [9.17, 15) is 4.79 Å². The molecule has 2 nitrogen and oxygen atoms in total. The summed E-state index contributed by atoms with van der Waals surface area (Å²) in [7, 11) is 0. The van der Waals surface area contributed by atoms with Gasteiger partial charge in [0.25, 0.3) is 0 Å². The minimum atomic E-state index is 0.415. The van der Waals surface area contributed by atoms with Crippen molar-refractivity contribution in [2.45, 2.75) is 40.0 Å². The number of aryl methyl sites for hydroxylation is 3. The van der Waals surface area contributed by atoms with E-state index in [0.29, 0.717) is 5.76 Å². The molecule has 0 unspecified atom stereocenters. The quantitative estimate of drug-likeness (QED) is 0.476. The van der Waals surface area contributed by atoms with Crippen LogP contribution < -0.4 is 0 Å². The molecule has 132 valence electrons. The number of carbonyl (C=O) groups excluding carboxylic acids is 1. The molecule has 0 radical (unpaired) electrons. The molecule has 1 aliphatic rings. The van der Waals surface area contributed by atoms with Gasteiger partial charge in [-0.2, -0.15) is 0 Å². The zero-order chi connectivity index (χ0) is 18.3. The van der Waals surface area contributed by atoms with Gasteiger partial charge in [-0.25, -0.2) is 0 Å².